The highest BCUT2D eigenvalue weighted by molar-refractivity contribution is 8.00. The van der Waals surface area contributed by atoms with Gasteiger partial charge in [0, 0.05) is 31.0 Å². The molecular formula is C18H29N3OS. The maximum Gasteiger partial charge on any atom is 0.191 e. The topological polar surface area (TPSA) is 45.7 Å². The lowest BCUT2D eigenvalue weighted by Gasteiger charge is -2.17. The number of nitrogens with one attached hydrogen (secondary N) is 2. The molecule has 2 N–H and O–H groups in total. The molecule has 1 heterocycles. The fraction of sp³-hybridized carbons (Fsp3) is 0.611. The molecule has 0 spiro atoms. The molecule has 0 amide bonds. The Morgan fingerprint density at radius 3 is 2.87 bits per heavy atom. The van der Waals surface area contributed by atoms with E-state index in [9.17, 15) is 0 Å². The van der Waals surface area contributed by atoms with Crippen molar-refractivity contribution < 1.29 is 4.74 Å². The number of ether oxygens (including phenoxy) is 1. The number of nitrogens with zero attached hydrogens (tertiary/aromatic N) is 1. The predicted octanol–water partition coefficient (Wildman–Crippen LogP) is 3.28. The van der Waals surface area contributed by atoms with Gasteiger partial charge in [-0.05, 0) is 30.6 Å². The van der Waals surface area contributed by atoms with Gasteiger partial charge in [-0.15, -0.1) is 0 Å². The first-order chi connectivity index (χ1) is 11.2. The van der Waals surface area contributed by atoms with Crippen molar-refractivity contribution in [1.82, 2.24) is 10.6 Å². The largest absolute Gasteiger partial charge is 0.493 e. The summed E-state index contributed by atoms with van der Waals surface area (Å²) in [5.74, 6) is 3.62. The number of benzene rings is 1. The van der Waals surface area contributed by atoms with E-state index in [4.69, 9.17) is 4.74 Å². The highest BCUT2D eigenvalue weighted by atomic mass is 32.2. The van der Waals surface area contributed by atoms with E-state index in [2.05, 4.69) is 47.3 Å². The molecule has 1 aliphatic rings. The first kappa shape index (κ1) is 18.0. The highest BCUT2D eigenvalue weighted by Gasteiger charge is 2.15. The standard InChI is InChI=1S/C18H29N3OS/c1-14(2)13-22-17-9-5-4-7-15(17)11-20-18(19-3)21-12-16-8-6-10-23-16/h4-5,7,9,14,16H,6,8,10-13H2,1-3H3,(H2,19,20,21). The van der Waals surface area contributed by atoms with E-state index in [1.165, 1.54) is 18.6 Å². The number of para-hydroxylation sites is 1. The maximum atomic E-state index is 5.90. The molecule has 0 saturated carbocycles. The Labute approximate surface area is 144 Å². The molecule has 0 radical (unpaired) electrons. The third kappa shape index (κ3) is 6.34. The van der Waals surface area contributed by atoms with Crippen molar-refractivity contribution >= 4 is 17.7 Å². The molecule has 2 rings (SSSR count). The first-order valence-electron chi connectivity index (χ1n) is 8.46. The van der Waals surface area contributed by atoms with Gasteiger partial charge in [0.05, 0.1) is 6.61 Å². The zero-order chi connectivity index (χ0) is 16.5. The molecule has 128 valence electrons. The number of hydrogen-bond donors (Lipinski definition) is 2. The second-order valence-electron chi connectivity index (χ2n) is 6.25. The maximum absolute atomic E-state index is 5.90. The van der Waals surface area contributed by atoms with E-state index in [0.717, 1.165) is 35.7 Å². The quantitative estimate of drug-likeness (QED) is 0.593. The zero-order valence-electron chi connectivity index (χ0n) is 14.5. The van der Waals surface area contributed by atoms with Crippen LogP contribution in [0.4, 0.5) is 0 Å². The van der Waals surface area contributed by atoms with E-state index in [-0.39, 0.29) is 0 Å². The lowest BCUT2D eigenvalue weighted by molar-refractivity contribution is 0.268. The molecule has 0 aliphatic carbocycles. The summed E-state index contributed by atoms with van der Waals surface area (Å²) in [5, 5.41) is 7.53. The van der Waals surface area contributed by atoms with E-state index < -0.39 is 0 Å². The molecule has 0 aromatic heterocycles. The molecule has 4 nitrogen and oxygen atoms in total. The van der Waals surface area contributed by atoms with Crippen LogP contribution in [-0.4, -0.2) is 37.2 Å². The summed E-state index contributed by atoms with van der Waals surface area (Å²) in [7, 11) is 1.82. The van der Waals surface area contributed by atoms with Crippen LogP contribution in [0, 0.1) is 5.92 Å². The summed E-state index contributed by atoms with van der Waals surface area (Å²) in [4.78, 5) is 4.31. The van der Waals surface area contributed by atoms with Crippen LogP contribution in [0.15, 0.2) is 29.3 Å². The zero-order valence-corrected chi connectivity index (χ0v) is 15.3. The average Bonchev–Trinajstić information content (AvgIpc) is 3.07. The lowest BCUT2D eigenvalue weighted by Crippen LogP contribution is -2.39. The van der Waals surface area contributed by atoms with Gasteiger partial charge in [0.25, 0.3) is 0 Å². The van der Waals surface area contributed by atoms with Crippen molar-refractivity contribution in [2.75, 3.05) is 26.0 Å². The average molecular weight is 336 g/mol. The molecule has 1 saturated heterocycles. The molecule has 1 fully saturated rings. The number of thioether (sulfide) groups is 1. The third-order valence-electron chi connectivity index (χ3n) is 3.74. The van der Waals surface area contributed by atoms with Crippen LogP contribution in [0.25, 0.3) is 0 Å². The Morgan fingerprint density at radius 1 is 1.35 bits per heavy atom. The van der Waals surface area contributed by atoms with Crippen molar-refractivity contribution in [3.05, 3.63) is 29.8 Å². The monoisotopic (exact) mass is 335 g/mol. The smallest absolute Gasteiger partial charge is 0.191 e. The van der Waals surface area contributed by atoms with Crippen LogP contribution in [0.5, 0.6) is 5.75 Å². The van der Waals surface area contributed by atoms with Crippen LogP contribution in [-0.2, 0) is 6.54 Å². The second-order valence-corrected chi connectivity index (χ2v) is 7.66. The van der Waals surface area contributed by atoms with Crippen LogP contribution < -0.4 is 15.4 Å². The van der Waals surface area contributed by atoms with Crippen LogP contribution >= 0.6 is 11.8 Å². The summed E-state index contributed by atoms with van der Waals surface area (Å²) in [6.07, 6.45) is 2.64. The second kappa shape index (κ2) is 9.71. The molecule has 5 heteroatoms. The molecule has 23 heavy (non-hydrogen) atoms. The van der Waals surface area contributed by atoms with Gasteiger partial charge >= 0.3 is 0 Å². The Bertz CT molecular complexity index is 499. The Hall–Kier alpha value is -1.36. The molecule has 1 unspecified atom stereocenters. The SMILES string of the molecule is CN=C(NCc1ccccc1OCC(C)C)NCC1CCCS1. The summed E-state index contributed by atoms with van der Waals surface area (Å²) in [5.41, 5.74) is 1.16. The summed E-state index contributed by atoms with van der Waals surface area (Å²) in [6.45, 7) is 6.76. The molecule has 1 aromatic carbocycles. The van der Waals surface area contributed by atoms with Gasteiger partial charge in [-0.2, -0.15) is 11.8 Å². The minimum atomic E-state index is 0.523. The first-order valence-corrected chi connectivity index (χ1v) is 9.50. The molecule has 1 aromatic rings. The highest BCUT2D eigenvalue weighted by Crippen LogP contribution is 2.25. The lowest BCUT2D eigenvalue weighted by atomic mass is 10.2. The Morgan fingerprint density at radius 2 is 2.17 bits per heavy atom. The van der Waals surface area contributed by atoms with Gasteiger partial charge in [-0.1, -0.05) is 32.0 Å². The van der Waals surface area contributed by atoms with Gasteiger partial charge in [-0.3, -0.25) is 4.99 Å². The molecule has 1 aliphatic heterocycles. The van der Waals surface area contributed by atoms with Gasteiger partial charge in [0.2, 0.25) is 0 Å². The fourth-order valence-corrected chi connectivity index (χ4v) is 3.66. The summed E-state index contributed by atoms with van der Waals surface area (Å²) < 4.78 is 5.90. The van der Waals surface area contributed by atoms with Crippen LogP contribution in [0.3, 0.4) is 0 Å². The molecular weight excluding hydrogens is 306 g/mol. The van der Waals surface area contributed by atoms with Crippen molar-refractivity contribution in [3.63, 3.8) is 0 Å². The number of hydrogen-bond acceptors (Lipinski definition) is 3. The third-order valence-corrected chi connectivity index (χ3v) is 5.13. The normalized spacial score (nSPS) is 18.3. The number of guanidine groups is 1. The molecule has 1 atom stereocenters. The van der Waals surface area contributed by atoms with Gasteiger partial charge < -0.3 is 15.4 Å². The van der Waals surface area contributed by atoms with E-state index in [0.29, 0.717) is 12.5 Å². The predicted molar refractivity (Wildman–Crippen MR) is 100 cm³/mol. The van der Waals surface area contributed by atoms with Crippen molar-refractivity contribution in [1.29, 1.82) is 0 Å². The summed E-state index contributed by atoms with van der Waals surface area (Å²) >= 11 is 2.06. The van der Waals surface area contributed by atoms with Crippen molar-refractivity contribution in [3.8, 4) is 5.75 Å². The van der Waals surface area contributed by atoms with E-state index in [1.807, 2.05) is 25.2 Å². The Kier molecular flexibility index (Phi) is 7.59. The van der Waals surface area contributed by atoms with E-state index in [1.54, 1.807) is 0 Å². The van der Waals surface area contributed by atoms with Crippen LogP contribution in [0.1, 0.15) is 32.3 Å². The van der Waals surface area contributed by atoms with Gasteiger partial charge in [-0.25, -0.2) is 0 Å². The van der Waals surface area contributed by atoms with Gasteiger partial charge in [0.1, 0.15) is 5.75 Å². The summed E-state index contributed by atoms with van der Waals surface area (Å²) in [6, 6.07) is 8.20. The number of rotatable bonds is 7. The van der Waals surface area contributed by atoms with Crippen LogP contribution in [0.2, 0.25) is 0 Å². The van der Waals surface area contributed by atoms with Crippen molar-refractivity contribution in [2.24, 2.45) is 10.9 Å². The fourth-order valence-electron chi connectivity index (χ4n) is 2.46. The number of aliphatic imine (C=N–C) groups is 1. The minimum Gasteiger partial charge on any atom is -0.493 e. The molecule has 0 bridgehead atoms. The van der Waals surface area contributed by atoms with Crippen molar-refractivity contribution in [2.45, 2.75) is 38.5 Å². The van der Waals surface area contributed by atoms with E-state index >= 15 is 0 Å². The van der Waals surface area contributed by atoms with Gasteiger partial charge in [0.15, 0.2) is 5.96 Å². The Balaban J connectivity index is 1.83. The minimum absolute atomic E-state index is 0.523.